The molecule has 0 spiro atoms. The highest BCUT2D eigenvalue weighted by atomic mass is 32.2. The molecule has 1 aromatic carbocycles. The molecule has 0 amide bonds. The van der Waals surface area contributed by atoms with Crippen LogP contribution in [0.1, 0.15) is 18.9 Å². The van der Waals surface area contributed by atoms with E-state index in [1.165, 1.54) is 0 Å². The molecule has 1 N–H and O–H groups in total. The monoisotopic (exact) mass is 398 g/mol. The van der Waals surface area contributed by atoms with Gasteiger partial charge in [0.05, 0.1) is 6.26 Å². The fraction of sp³-hybridized carbons (Fsp3) is 0.632. The highest BCUT2D eigenvalue weighted by Gasteiger charge is 2.56. The minimum atomic E-state index is -3.67. The summed E-state index contributed by atoms with van der Waals surface area (Å²) >= 11 is 0. The van der Waals surface area contributed by atoms with E-state index in [9.17, 15) is 13.2 Å². The van der Waals surface area contributed by atoms with Gasteiger partial charge >= 0.3 is 5.97 Å². The Morgan fingerprint density at radius 2 is 1.52 bits per heavy atom. The fourth-order valence-electron chi connectivity index (χ4n) is 4.30. The van der Waals surface area contributed by atoms with Crippen molar-refractivity contribution in [3.63, 3.8) is 0 Å². The first-order chi connectivity index (χ1) is 12.6. The molecular weight excluding hydrogens is 368 g/mol. The van der Waals surface area contributed by atoms with Gasteiger partial charge in [0.1, 0.15) is 5.60 Å². The quantitative estimate of drug-likeness (QED) is 0.609. The number of ether oxygens (including phenoxy) is 1. The van der Waals surface area contributed by atoms with E-state index in [0.717, 1.165) is 31.7 Å². The average Bonchev–Trinajstić information content (AvgIpc) is 2.55. The SMILES string of the molecule is CCC(=O)OC1(c2ccccc2)C2CN(C)CC1CN(C)C2.CS(=O)(=O)O. The van der Waals surface area contributed by atoms with E-state index in [2.05, 4.69) is 48.2 Å². The lowest BCUT2D eigenvalue weighted by Crippen LogP contribution is -2.65. The van der Waals surface area contributed by atoms with Gasteiger partial charge in [0.2, 0.25) is 0 Å². The van der Waals surface area contributed by atoms with Gasteiger partial charge in [0.15, 0.2) is 0 Å². The minimum Gasteiger partial charge on any atom is -0.453 e. The Morgan fingerprint density at radius 3 is 1.89 bits per heavy atom. The van der Waals surface area contributed by atoms with Gasteiger partial charge in [-0.1, -0.05) is 37.3 Å². The number of hydrogen-bond acceptors (Lipinski definition) is 6. The van der Waals surface area contributed by atoms with E-state index < -0.39 is 15.7 Å². The lowest BCUT2D eigenvalue weighted by atomic mass is 9.66. The summed E-state index contributed by atoms with van der Waals surface area (Å²) in [6.45, 7) is 5.73. The predicted octanol–water partition coefficient (Wildman–Crippen LogP) is 1.46. The first-order valence-electron chi connectivity index (χ1n) is 9.13. The zero-order valence-electron chi connectivity index (χ0n) is 16.5. The van der Waals surface area contributed by atoms with Gasteiger partial charge in [-0.05, 0) is 19.7 Å². The molecule has 2 aliphatic rings. The van der Waals surface area contributed by atoms with Crippen LogP contribution in [0.25, 0.3) is 0 Å². The molecule has 27 heavy (non-hydrogen) atoms. The molecule has 0 saturated carbocycles. The maximum absolute atomic E-state index is 12.2. The molecule has 0 aromatic heterocycles. The molecular formula is C19H30N2O5S. The number of fused-ring (bicyclic) bond motifs is 2. The average molecular weight is 399 g/mol. The second-order valence-electron chi connectivity index (χ2n) is 7.56. The lowest BCUT2D eigenvalue weighted by Gasteiger charge is -2.56. The molecule has 0 atom stereocenters. The molecule has 0 aliphatic carbocycles. The van der Waals surface area contributed by atoms with Crippen molar-refractivity contribution in [2.75, 3.05) is 46.5 Å². The molecule has 3 rings (SSSR count). The third-order valence-corrected chi connectivity index (χ3v) is 5.14. The summed E-state index contributed by atoms with van der Waals surface area (Å²) in [6.07, 6.45) is 1.15. The highest BCUT2D eigenvalue weighted by Crippen LogP contribution is 2.47. The molecule has 2 heterocycles. The van der Waals surface area contributed by atoms with Crippen LogP contribution < -0.4 is 0 Å². The Morgan fingerprint density at radius 1 is 1.11 bits per heavy atom. The standard InChI is InChI=1S/C18H26N2O2.CH4O3S/c1-4-17(21)22-18(14-8-6-5-7-9-14)15-10-19(2)11-16(18)13-20(3)12-15;1-5(2,3)4/h5-9,15-16H,4,10-13H2,1-3H3;1H3,(H,2,3,4). The van der Waals surface area contributed by atoms with Crippen LogP contribution in [0.4, 0.5) is 0 Å². The van der Waals surface area contributed by atoms with Gasteiger partial charge in [0, 0.05) is 44.4 Å². The fourth-order valence-corrected chi connectivity index (χ4v) is 4.30. The van der Waals surface area contributed by atoms with Crippen LogP contribution >= 0.6 is 0 Å². The van der Waals surface area contributed by atoms with E-state index in [1.54, 1.807) is 0 Å². The third kappa shape index (κ3) is 5.51. The van der Waals surface area contributed by atoms with Crippen LogP contribution in [0.3, 0.4) is 0 Å². The Bertz CT molecular complexity index is 700. The Labute approximate surface area is 162 Å². The summed E-state index contributed by atoms with van der Waals surface area (Å²) in [6, 6.07) is 10.4. The molecule has 2 aliphatic heterocycles. The van der Waals surface area contributed by atoms with Gasteiger partial charge in [-0.2, -0.15) is 8.42 Å². The molecule has 0 unspecified atom stereocenters. The van der Waals surface area contributed by atoms with Gasteiger partial charge in [0.25, 0.3) is 10.1 Å². The van der Waals surface area contributed by atoms with Crippen molar-refractivity contribution in [1.82, 2.24) is 9.80 Å². The Balaban J connectivity index is 0.000000465. The van der Waals surface area contributed by atoms with Crippen molar-refractivity contribution < 1.29 is 22.5 Å². The molecule has 152 valence electrons. The number of piperidine rings is 2. The number of benzene rings is 1. The Kier molecular flexibility index (Phi) is 7.02. The number of rotatable bonds is 3. The summed E-state index contributed by atoms with van der Waals surface area (Å²) in [5.41, 5.74) is 0.695. The van der Waals surface area contributed by atoms with Crippen molar-refractivity contribution in [1.29, 1.82) is 0 Å². The van der Waals surface area contributed by atoms with E-state index in [0.29, 0.717) is 24.5 Å². The molecule has 1 aromatic rings. The maximum atomic E-state index is 12.2. The zero-order chi connectivity index (χ0) is 20.2. The minimum absolute atomic E-state index is 0.0899. The summed E-state index contributed by atoms with van der Waals surface area (Å²) in [5, 5.41) is 0. The largest absolute Gasteiger partial charge is 0.453 e. The maximum Gasteiger partial charge on any atom is 0.306 e. The molecule has 2 bridgehead atoms. The third-order valence-electron chi connectivity index (χ3n) is 5.14. The van der Waals surface area contributed by atoms with Crippen molar-refractivity contribution in [2.24, 2.45) is 11.8 Å². The van der Waals surface area contributed by atoms with E-state index in [4.69, 9.17) is 9.29 Å². The summed E-state index contributed by atoms with van der Waals surface area (Å²) in [4.78, 5) is 17.0. The number of nitrogens with zero attached hydrogens (tertiary/aromatic N) is 2. The van der Waals surface area contributed by atoms with E-state index >= 15 is 0 Å². The van der Waals surface area contributed by atoms with Crippen molar-refractivity contribution >= 4 is 16.1 Å². The number of carbonyl (C=O) groups excluding carboxylic acids is 1. The van der Waals surface area contributed by atoms with Crippen LogP contribution in [-0.4, -0.2) is 75.3 Å². The molecule has 2 saturated heterocycles. The number of likely N-dealkylation sites (tertiary alicyclic amines) is 2. The normalized spacial score (nSPS) is 28.8. The Hall–Kier alpha value is -1.48. The van der Waals surface area contributed by atoms with Gasteiger partial charge in [-0.15, -0.1) is 0 Å². The number of carbonyl (C=O) groups is 1. The molecule has 0 radical (unpaired) electrons. The summed E-state index contributed by atoms with van der Waals surface area (Å²) < 4.78 is 32.1. The molecule has 8 heteroatoms. The van der Waals surface area contributed by atoms with Crippen LogP contribution in [0.15, 0.2) is 30.3 Å². The second kappa shape index (κ2) is 8.68. The first-order valence-corrected chi connectivity index (χ1v) is 11.0. The van der Waals surface area contributed by atoms with E-state index in [1.807, 2.05) is 13.0 Å². The first kappa shape index (κ1) is 21.8. The van der Waals surface area contributed by atoms with Crippen molar-refractivity contribution in [2.45, 2.75) is 18.9 Å². The van der Waals surface area contributed by atoms with Gasteiger partial charge in [-0.3, -0.25) is 9.35 Å². The number of hydrogen-bond donors (Lipinski definition) is 1. The van der Waals surface area contributed by atoms with Crippen LogP contribution in [0.2, 0.25) is 0 Å². The van der Waals surface area contributed by atoms with Crippen molar-refractivity contribution in [3.05, 3.63) is 35.9 Å². The van der Waals surface area contributed by atoms with Crippen molar-refractivity contribution in [3.8, 4) is 0 Å². The number of esters is 1. The van der Waals surface area contributed by atoms with E-state index in [-0.39, 0.29) is 5.97 Å². The summed E-state index contributed by atoms with van der Waals surface area (Å²) in [7, 11) is 0.670. The smallest absolute Gasteiger partial charge is 0.306 e. The summed E-state index contributed by atoms with van der Waals surface area (Å²) in [5.74, 6) is 0.536. The molecule has 7 nitrogen and oxygen atoms in total. The van der Waals surface area contributed by atoms with Crippen LogP contribution in [0.5, 0.6) is 0 Å². The highest BCUT2D eigenvalue weighted by molar-refractivity contribution is 7.85. The topological polar surface area (TPSA) is 87.2 Å². The van der Waals surface area contributed by atoms with Crippen LogP contribution in [-0.2, 0) is 25.3 Å². The van der Waals surface area contributed by atoms with Gasteiger partial charge in [-0.25, -0.2) is 0 Å². The predicted molar refractivity (Wildman–Crippen MR) is 104 cm³/mol. The lowest BCUT2D eigenvalue weighted by molar-refractivity contribution is -0.203. The van der Waals surface area contributed by atoms with Gasteiger partial charge < -0.3 is 14.5 Å². The molecule has 2 fully saturated rings. The second-order valence-corrected chi connectivity index (χ2v) is 9.02. The zero-order valence-corrected chi connectivity index (χ0v) is 17.3. The van der Waals surface area contributed by atoms with Crippen LogP contribution in [0, 0.1) is 11.8 Å².